The van der Waals surface area contributed by atoms with Gasteiger partial charge in [-0.05, 0) is 30.5 Å². The minimum atomic E-state index is 0.141. The molecule has 1 heterocycles. The molecule has 1 aromatic heterocycles. The molecule has 0 radical (unpaired) electrons. The van der Waals surface area contributed by atoms with Gasteiger partial charge >= 0.3 is 0 Å². The van der Waals surface area contributed by atoms with Gasteiger partial charge in [-0.25, -0.2) is 0 Å². The molecule has 0 spiro atoms. The average Bonchev–Trinajstić information content (AvgIpc) is 2.90. The predicted octanol–water partition coefficient (Wildman–Crippen LogP) is 2.71. The highest BCUT2D eigenvalue weighted by Crippen LogP contribution is 2.13. The molecule has 0 aliphatic carbocycles. The van der Waals surface area contributed by atoms with Gasteiger partial charge in [-0.2, -0.15) is 0 Å². The molecule has 3 nitrogen and oxygen atoms in total. The van der Waals surface area contributed by atoms with Gasteiger partial charge in [0, 0.05) is 23.5 Å². The SMILES string of the molecule is CN(CCc1cccs1)Cc1ccccc1C(=N)N. The highest BCUT2D eigenvalue weighted by molar-refractivity contribution is 7.09. The van der Waals surface area contributed by atoms with Gasteiger partial charge in [-0.15, -0.1) is 11.3 Å². The summed E-state index contributed by atoms with van der Waals surface area (Å²) in [5.41, 5.74) is 7.56. The van der Waals surface area contributed by atoms with Gasteiger partial charge in [0.15, 0.2) is 0 Å². The normalized spacial score (nSPS) is 10.8. The van der Waals surface area contributed by atoms with Crippen LogP contribution in [0.4, 0.5) is 0 Å². The lowest BCUT2D eigenvalue weighted by molar-refractivity contribution is 0.332. The molecule has 0 saturated carbocycles. The molecule has 2 rings (SSSR count). The van der Waals surface area contributed by atoms with Crippen LogP contribution >= 0.6 is 11.3 Å². The largest absolute Gasteiger partial charge is 0.384 e. The lowest BCUT2D eigenvalue weighted by Gasteiger charge is -2.18. The molecule has 4 heteroatoms. The molecule has 100 valence electrons. The number of rotatable bonds is 6. The minimum Gasteiger partial charge on any atom is -0.384 e. The van der Waals surface area contributed by atoms with Crippen molar-refractivity contribution in [2.75, 3.05) is 13.6 Å². The molecule has 0 bridgehead atoms. The fourth-order valence-electron chi connectivity index (χ4n) is 2.05. The molecule has 0 amide bonds. The van der Waals surface area contributed by atoms with Crippen LogP contribution in [0.2, 0.25) is 0 Å². The summed E-state index contributed by atoms with van der Waals surface area (Å²) in [6.45, 7) is 1.83. The number of likely N-dealkylation sites (N-methyl/N-ethyl adjacent to an activating group) is 1. The highest BCUT2D eigenvalue weighted by Gasteiger charge is 2.07. The Balaban J connectivity index is 1.95. The predicted molar refractivity (Wildman–Crippen MR) is 81.8 cm³/mol. The summed E-state index contributed by atoms with van der Waals surface area (Å²) in [5.74, 6) is 0.141. The zero-order chi connectivity index (χ0) is 13.7. The second kappa shape index (κ2) is 6.50. The van der Waals surface area contributed by atoms with Gasteiger partial charge in [0.1, 0.15) is 5.84 Å². The third-order valence-corrected chi connectivity index (χ3v) is 4.00. The van der Waals surface area contributed by atoms with E-state index in [0.29, 0.717) is 0 Å². The van der Waals surface area contributed by atoms with Crippen LogP contribution in [-0.2, 0) is 13.0 Å². The average molecular weight is 273 g/mol. The topological polar surface area (TPSA) is 53.1 Å². The zero-order valence-electron chi connectivity index (χ0n) is 11.1. The number of amidine groups is 1. The van der Waals surface area contributed by atoms with E-state index in [0.717, 1.165) is 30.6 Å². The molecular weight excluding hydrogens is 254 g/mol. The highest BCUT2D eigenvalue weighted by atomic mass is 32.1. The maximum atomic E-state index is 7.60. The summed E-state index contributed by atoms with van der Waals surface area (Å²) in [6.07, 6.45) is 1.07. The van der Waals surface area contributed by atoms with E-state index < -0.39 is 0 Å². The Hall–Kier alpha value is -1.65. The first-order valence-electron chi connectivity index (χ1n) is 6.30. The molecule has 0 saturated heterocycles. The van der Waals surface area contributed by atoms with E-state index in [1.165, 1.54) is 4.88 Å². The van der Waals surface area contributed by atoms with E-state index in [4.69, 9.17) is 11.1 Å². The molecule has 0 unspecified atom stereocenters. The van der Waals surface area contributed by atoms with Crippen molar-refractivity contribution in [2.45, 2.75) is 13.0 Å². The van der Waals surface area contributed by atoms with Gasteiger partial charge in [-0.3, -0.25) is 5.41 Å². The molecule has 0 aliphatic rings. The maximum absolute atomic E-state index is 7.60. The minimum absolute atomic E-state index is 0.141. The van der Waals surface area contributed by atoms with E-state index in [1.807, 2.05) is 24.3 Å². The fraction of sp³-hybridized carbons (Fsp3) is 0.267. The van der Waals surface area contributed by atoms with Crippen LogP contribution in [0.25, 0.3) is 0 Å². The van der Waals surface area contributed by atoms with E-state index >= 15 is 0 Å². The monoisotopic (exact) mass is 273 g/mol. The van der Waals surface area contributed by atoms with E-state index in [1.54, 1.807) is 11.3 Å². The Labute approximate surface area is 118 Å². The lowest BCUT2D eigenvalue weighted by Crippen LogP contribution is -2.23. The van der Waals surface area contributed by atoms with Crippen molar-refractivity contribution in [1.29, 1.82) is 5.41 Å². The Morgan fingerprint density at radius 2 is 2.05 bits per heavy atom. The molecule has 2 aromatic rings. The molecule has 0 fully saturated rings. The Bertz CT molecular complexity index is 534. The van der Waals surface area contributed by atoms with Crippen LogP contribution < -0.4 is 5.73 Å². The third-order valence-electron chi connectivity index (χ3n) is 3.07. The summed E-state index contributed by atoms with van der Waals surface area (Å²) < 4.78 is 0. The summed E-state index contributed by atoms with van der Waals surface area (Å²) in [6, 6.07) is 12.1. The van der Waals surface area contributed by atoms with Crippen molar-refractivity contribution in [2.24, 2.45) is 5.73 Å². The number of nitrogens with two attached hydrogens (primary N) is 1. The van der Waals surface area contributed by atoms with Crippen molar-refractivity contribution in [3.05, 3.63) is 57.8 Å². The van der Waals surface area contributed by atoms with Crippen LogP contribution in [0.15, 0.2) is 41.8 Å². The van der Waals surface area contributed by atoms with Crippen molar-refractivity contribution in [3.63, 3.8) is 0 Å². The summed E-state index contributed by atoms with van der Waals surface area (Å²) in [7, 11) is 2.10. The molecule has 0 atom stereocenters. The lowest BCUT2D eigenvalue weighted by atomic mass is 10.1. The van der Waals surface area contributed by atoms with Gasteiger partial charge in [-0.1, -0.05) is 30.3 Å². The third kappa shape index (κ3) is 3.91. The molecule has 19 heavy (non-hydrogen) atoms. The van der Waals surface area contributed by atoms with Crippen molar-refractivity contribution >= 4 is 17.2 Å². The van der Waals surface area contributed by atoms with Crippen LogP contribution in [0.5, 0.6) is 0 Å². The second-order valence-corrected chi connectivity index (χ2v) is 5.67. The van der Waals surface area contributed by atoms with Gasteiger partial charge < -0.3 is 10.6 Å². The smallest absolute Gasteiger partial charge is 0.123 e. The number of nitrogen functional groups attached to an aromatic ring is 1. The van der Waals surface area contributed by atoms with Crippen LogP contribution in [0, 0.1) is 5.41 Å². The quantitative estimate of drug-likeness (QED) is 0.628. The van der Waals surface area contributed by atoms with Gasteiger partial charge in [0.25, 0.3) is 0 Å². The number of hydrogen-bond donors (Lipinski definition) is 2. The zero-order valence-corrected chi connectivity index (χ0v) is 11.9. The van der Waals surface area contributed by atoms with Gasteiger partial charge in [0.05, 0.1) is 0 Å². The number of thiophene rings is 1. The molecule has 1 aromatic carbocycles. The summed E-state index contributed by atoms with van der Waals surface area (Å²) in [5, 5.41) is 9.71. The first-order valence-corrected chi connectivity index (χ1v) is 7.18. The van der Waals surface area contributed by atoms with Crippen molar-refractivity contribution in [3.8, 4) is 0 Å². The number of hydrogen-bond acceptors (Lipinski definition) is 3. The Morgan fingerprint density at radius 1 is 1.26 bits per heavy atom. The van der Waals surface area contributed by atoms with E-state index in [2.05, 4.69) is 29.5 Å². The second-order valence-electron chi connectivity index (χ2n) is 4.64. The van der Waals surface area contributed by atoms with Crippen molar-refractivity contribution < 1.29 is 0 Å². The number of nitrogens with one attached hydrogen (secondary N) is 1. The first kappa shape index (κ1) is 13.8. The van der Waals surface area contributed by atoms with Crippen LogP contribution in [0.3, 0.4) is 0 Å². The summed E-state index contributed by atoms with van der Waals surface area (Å²) >= 11 is 1.80. The van der Waals surface area contributed by atoms with E-state index in [-0.39, 0.29) is 5.84 Å². The Morgan fingerprint density at radius 3 is 2.74 bits per heavy atom. The van der Waals surface area contributed by atoms with Crippen LogP contribution in [0.1, 0.15) is 16.0 Å². The fourth-order valence-corrected chi connectivity index (χ4v) is 2.74. The molecular formula is C15H19N3S. The number of benzene rings is 1. The number of nitrogens with zero attached hydrogens (tertiary/aromatic N) is 1. The Kier molecular flexibility index (Phi) is 4.71. The molecule has 0 aliphatic heterocycles. The standard InChI is InChI=1S/C15H19N3S/c1-18(9-8-13-6-4-10-19-13)11-12-5-2-3-7-14(12)15(16)17/h2-7,10H,8-9,11H2,1H3,(H3,16,17). The summed E-state index contributed by atoms with van der Waals surface area (Å²) in [4.78, 5) is 3.67. The van der Waals surface area contributed by atoms with Crippen LogP contribution in [-0.4, -0.2) is 24.3 Å². The van der Waals surface area contributed by atoms with Crippen molar-refractivity contribution in [1.82, 2.24) is 4.90 Å². The first-order chi connectivity index (χ1) is 9.16. The maximum Gasteiger partial charge on any atom is 0.123 e. The van der Waals surface area contributed by atoms with E-state index in [9.17, 15) is 0 Å². The van der Waals surface area contributed by atoms with Gasteiger partial charge in [0.2, 0.25) is 0 Å². The molecule has 3 N–H and O–H groups in total.